The molecule has 0 aromatic heterocycles. The summed E-state index contributed by atoms with van der Waals surface area (Å²) in [6, 6.07) is 0. The lowest BCUT2D eigenvalue weighted by Gasteiger charge is -2.03. The van der Waals surface area contributed by atoms with Crippen LogP contribution in [0, 0.1) is 0 Å². The Bertz CT molecular complexity index is 466. The molecule has 0 aromatic carbocycles. The molecule has 174 valence electrons. The summed E-state index contributed by atoms with van der Waals surface area (Å²) in [5.74, 6) is -0.0129. The van der Waals surface area contributed by atoms with Gasteiger partial charge >= 0.3 is 16.4 Å². The van der Waals surface area contributed by atoms with Crippen molar-refractivity contribution in [1.82, 2.24) is 0 Å². The van der Waals surface area contributed by atoms with Gasteiger partial charge in [-0.05, 0) is 38.5 Å². The highest BCUT2D eigenvalue weighted by molar-refractivity contribution is 7.79. The lowest BCUT2D eigenvalue weighted by atomic mass is 10.1. The van der Waals surface area contributed by atoms with Crippen molar-refractivity contribution in [3.05, 3.63) is 12.2 Å². The van der Waals surface area contributed by atoms with E-state index in [9.17, 15) is 4.79 Å². The van der Waals surface area contributed by atoms with E-state index in [0.29, 0.717) is 13.0 Å². The van der Waals surface area contributed by atoms with Crippen LogP contribution in [-0.2, 0) is 19.9 Å². The van der Waals surface area contributed by atoms with Crippen LogP contribution in [0.25, 0.3) is 0 Å². The smallest absolute Gasteiger partial charge is 0.394 e. The first-order valence-corrected chi connectivity index (χ1v) is 12.7. The summed E-state index contributed by atoms with van der Waals surface area (Å²) in [5.41, 5.74) is 0. The average molecular weight is 437 g/mol. The monoisotopic (exact) mass is 436 g/mol. The SMILES string of the molecule is CCCCCCCC/C=C\CCCCCCCC(=O)OCCCC.O=S(=O)(O)O. The summed E-state index contributed by atoms with van der Waals surface area (Å²) in [6.45, 7) is 4.98. The molecule has 29 heavy (non-hydrogen) atoms. The molecule has 2 N–H and O–H groups in total. The Morgan fingerprint density at radius 1 is 0.724 bits per heavy atom. The lowest BCUT2D eigenvalue weighted by molar-refractivity contribution is -0.143. The van der Waals surface area contributed by atoms with Gasteiger partial charge in [-0.3, -0.25) is 13.9 Å². The van der Waals surface area contributed by atoms with Crippen molar-refractivity contribution in [2.75, 3.05) is 6.61 Å². The largest absolute Gasteiger partial charge is 0.466 e. The van der Waals surface area contributed by atoms with Gasteiger partial charge in [0.1, 0.15) is 0 Å². The molecule has 0 amide bonds. The van der Waals surface area contributed by atoms with Crippen molar-refractivity contribution in [2.24, 2.45) is 0 Å². The summed E-state index contributed by atoms with van der Waals surface area (Å²) in [7, 11) is -4.67. The minimum absolute atomic E-state index is 0.0129. The Labute approximate surface area is 179 Å². The minimum atomic E-state index is -4.67. The fraction of sp³-hybridized carbons (Fsp3) is 0.864. The third kappa shape index (κ3) is 38.3. The number of allylic oxidation sites excluding steroid dienone is 2. The Hall–Kier alpha value is -0.920. The second kappa shape index (κ2) is 23.4. The second-order valence-corrected chi connectivity index (χ2v) is 8.25. The molecule has 0 aromatic rings. The van der Waals surface area contributed by atoms with Gasteiger partial charge in [-0.2, -0.15) is 8.42 Å². The number of rotatable bonds is 18. The van der Waals surface area contributed by atoms with Gasteiger partial charge in [-0.25, -0.2) is 0 Å². The number of carbonyl (C=O) groups is 1. The Morgan fingerprint density at radius 3 is 1.62 bits per heavy atom. The van der Waals surface area contributed by atoms with Crippen LogP contribution in [0.5, 0.6) is 0 Å². The highest BCUT2D eigenvalue weighted by atomic mass is 32.3. The van der Waals surface area contributed by atoms with Crippen LogP contribution in [0.1, 0.15) is 117 Å². The zero-order valence-electron chi connectivity index (χ0n) is 18.6. The van der Waals surface area contributed by atoms with Gasteiger partial charge in [-0.1, -0.05) is 83.8 Å². The number of esters is 1. The van der Waals surface area contributed by atoms with E-state index in [2.05, 4.69) is 26.0 Å². The first-order chi connectivity index (χ1) is 13.8. The standard InChI is InChI=1S/C22H42O2.H2O4S/c1-3-5-7-8-9-10-11-12-13-14-15-16-17-18-19-20-22(23)24-21-6-4-2;1-5(2,3)4/h12-13H,3-11,14-21H2,1-2H3;(H2,1,2,3,4)/b13-12-;. The summed E-state index contributed by atoms with van der Waals surface area (Å²) < 4.78 is 36.7. The predicted molar refractivity (Wildman–Crippen MR) is 119 cm³/mol. The highest BCUT2D eigenvalue weighted by Crippen LogP contribution is 2.10. The number of hydrogen-bond acceptors (Lipinski definition) is 4. The molecule has 0 fully saturated rings. The van der Waals surface area contributed by atoms with Crippen LogP contribution < -0.4 is 0 Å². The van der Waals surface area contributed by atoms with Gasteiger partial charge < -0.3 is 4.74 Å². The Kier molecular flexibility index (Phi) is 24.4. The van der Waals surface area contributed by atoms with Crippen LogP contribution in [0.3, 0.4) is 0 Å². The van der Waals surface area contributed by atoms with Crippen LogP contribution in [0.4, 0.5) is 0 Å². The molecule has 0 aliphatic heterocycles. The van der Waals surface area contributed by atoms with E-state index < -0.39 is 10.4 Å². The fourth-order valence-electron chi connectivity index (χ4n) is 2.74. The molecule has 0 saturated heterocycles. The third-order valence-corrected chi connectivity index (χ3v) is 4.40. The predicted octanol–water partition coefficient (Wildman–Crippen LogP) is 6.71. The van der Waals surface area contributed by atoms with Gasteiger partial charge in [-0.15, -0.1) is 0 Å². The summed E-state index contributed by atoms with van der Waals surface area (Å²) in [6.07, 6.45) is 24.1. The van der Waals surface area contributed by atoms with E-state index in [4.69, 9.17) is 22.3 Å². The number of carbonyl (C=O) groups excluding carboxylic acids is 1. The van der Waals surface area contributed by atoms with Crippen molar-refractivity contribution in [3.63, 3.8) is 0 Å². The molecule has 0 radical (unpaired) electrons. The second-order valence-electron chi connectivity index (χ2n) is 7.36. The molecule has 6 nitrogen and oxygen atoms in total. The number of unbranched alkanes of at least 4 members (excludes halogenated alkanes) is 12. The van der Waals surface area contributed by atoms with Crippen molar-refractivity contribution in [3.8, 4) is 0 Å². The Balaban J connectivity index is 0. The van der Waals surface area contributed by atoms with Gasteiger partial charge in [0.05, 0.1) is 6.61 Å². The molecular formula is C22H44O6S. The van der Waals surface area contributed by atoms with Gasteiger partial charge in [0.25, 0.3) is 0 Å². The van der Waals surface area contributed by atoms with Crippen molar-refractivity contribution in [1.29, 1.82) is 0 Å². The quantitative estimate of drug-likeness (QED) is 0.107. The molecule has 0 rings (SSSR count). The zero-order chi connectivity index (χ0) is 22.2. The van der Waals surface area contributed by atoms with E-state index >= 15 is 0 Å². The summed E-state index contributed by atoms with van der Waals surface area (Å²) >= 11 is 0. The van der Waals surface area contributed by atoms with E-state index in [0.717, 1.165) is 25.7 Å². The average Bonchev–Trinajstić information content (AvgIpc) is 2.64. The third-order valence-electron chi connectivity index (χ3n) is 4.40. The maximum Gasteiger partial charge on any atom is 0.394 e. The molecule has 0 aliphatic carbocycles. The maximum absolute atomic E-state index is 11.4. The molecule has 7 heteroatoms. The summed E-state index contributed by atoms with van der Waals surface area (Å²) in [5, 5.41) is 0. The molecule has 0 heterocycles. The van der Waals surface area contributed by atoms with E-state index in [-0.39, 0.29) is 5.97 Å². The highest BCUT2D eigenvalue weighted by Gasteiger charge is 2.01. The zero-order valence-corrected chi connectivity index (χ0v) is 19.4. The van der Waals surface area contributed by atoms with Gasteiger partial charge in [0, 0.05) is 6.42 Å². The summed E-state index contributed by atoms with van der Waals surface area (Å²) in [4.78, 5) is 11.4. The van der Waals surface area contributed by atoms with Crippen LogP contribution in [0.15, 0.2) is 12.2 Å². The van der Waals surface area contributed by atoms with Crippen molar-refractivity contribution >= 4 is 16.4 Å². The minimum Gasteiger partial charge on any atom is -0.466 e. The van der Waals surface area contributed by atoms with E-state index in [1.54, 1.807) is 0 Å². The van der Waals surface area contributed by atoms with E-state index in [1.165, 1.54) is 70.6 Å². The van der Waals surface area contributed by atoms with Crippen LogP contribution in [0.2, 0.25) is 0 Å². The fourth-order valence-corrected chi connectivity index (χ4v) is 2.74. The molecule has 0 saturated carbocycles. The maximum atomic E-state index is 11.4. The van der Waals surface area contributed by atoms with Crippen molar-refractivity contribution < 1.29 is 27.1 Å². The molecule has 0 unspecified atom stereocenters. The van der Waals surface area contributed by atoms with E-state index in [1.807, 2.05) is 0 Å². The molecule has 0 bridgehead atoms. The first kappa shape index (κ1) is 30.3. The molecular weight excluding hydrogens is 392 g/mol. The number of ether oxygens (including phenoxy) is 1. The normalized spacial score (nSPS) is 11.3. The molecule has 0 spiro atoms. The number of hydrogen-bond donors (Lipinski definition) is 2. The lowest BCUT2D eigenvalue weighted by Crippen LogP contribution is -2.05. The Morgan fingerprint density at radius 2 is 1.14 bits per heavy atom. The topological polar surface area (TPSA) is 101 Å². The van der Waals surface area contributed by atoms with Gasteiger partial charge in [0.2, 0.25) is 0 Å². The van der Waals surface area contributed by atoms with Crippen LogP contribution >= 0.6 is 0 Å². The first-order valence-electron chi connectivity index (χ1n) is 11.3. The van der Waals surface area contributed by atoms with Crippen molar-refractivity contribution in [2.45, 2.75) is 117 Å². The van der Waals surface area contributed by atoms with Gasteiger partial charge in [0.15, 0.2) is 0 Å². The molecule has 0 atom stereocenters. The molecule has 0 aliphatic rings. The van der Waals surface area contributed by atoms with Crippen LogP contribution in [-0.4, -0.2) is 30.1 Å².